The zero-order chi connectivity index (χ0) is 23.0. The molecule has 2 aromatic rings. The van der Waals surface area contributed by atoms with Crippen LogP contribution in [0.5, 0.6) is 0 Å². The van der Waals surface area contributed by atoms with E-state index in [1.54, 1.807) is 5.56 Å². The van der Waals surface area contributed by atoms with Gasteiger partial charge < -0.3 is 5.11 Å². The van der Waals surface area contributed by atoms with Crippen molar-refractivity contribution in [3.63, 3.8) is 0 Å². The fraction of sp³-hybridized carbons (Fsp3) is 0.613. The highest BCUT2D eigenvalue weighted by molar-refractivity contribution is 5.28. The minimum absolute atomic E-state index is 0.386. The first-order chi connectivity index (χ1) is 16.7. The van der Waals surface area contributed by atoms with E-state index in [2.05, 4.69) is 64.4 Å². The minimum atomic E-state index is -0.637. The van der Waals surface area contributed by atoms with E-state index in [-0.39, 0.29) is 0 Å². The first-order valence-electron chi connectivity index (χ1n) is 14.0. The van der Waals surface area contributed by atoms with Crippen LogP contribution in [0.25, 0.3) is 0 Å². The van der Waals surface area contributed by atoms with Crippen LogP contribution >= 0.6 is 0 Å². The molecule has 4 aliphatic rings. The third kappa shape index (κ3) is 4.47. The van der Waals surface area contributed by atoms with Gasteiger partial charge in [0, 0.05) is 31.6 Å². The predicted molar refractivity (Wildman–Crippen MR) is 139 cm³/mol. The molecular weight excluding hydrogens is 416 g/mol. The zero-order valence-corrected chi connectivity index (χ0v) is 20.7. The highest BCUT2D eigenvalue weighted by atomic mass is 16.3. The van der Waals surface area contributed by atoms with Crippen molar-refractivity contribution in [3.8, 4) is 0 Å². The first kappa shape index (κ1) is 22.8. The molecule has 4 fully saturated rings. The summed E-state index contributed by atoms with van der Waals surface area (Å²) in [6.07, 6.45) is 11.3. The molecule has 2 saturated heterocycles. The van der Waals surface area contributed by atoms with Gasteiger partial charge in [0.05, 0.1) is 5.60 Å². The van der Waals surface area contributed by atoms with Gasteiger partial charge >= 0.3 is 0 Å². The Bertz CT molecular complexity index is 932. The SMILES string of the molecule is O[C@@]1(c2ccccc2)CCN(CC2CC(c3ccc(CN4CCCC4)cc3)C2)C2CCCC[C@@H]21. The summed E-state index contributed by atoms with van der Waals surface area (Å²) in [5.74, 6) is 1.95. The molecule has 3 nitrogen and oxygen atoms in total. The second-order valence-corrected chi connectivity index (χ2v) is 11.8. The molecule has 0 spiro atoms. The number of aliphatic hydroxyl groups is 1. The van der Waals surface area contributed by atoms with Crippen molar-refractivity contribution in [3.05, 3.63) is 71.3 Å². The van der Waals surface area contributed by atoms with Crippen molar-refractivity contribution >= 4 is 0 Å². The Hall–Kier alpha value is -1.68. The van der Waals surface area contributed by atoms with Gasteiger partial charge in [-0.1, -0.05) is 67.4 Å². The topological polar surface area (TPSA) is 26.7 Å². The molecule has 0 aromatic heterocycles. The summed E-state index contributed by atoms with van der Waals surface area (Å²) in [4.78, 5) is 5.37. The smallest absolute Gasteiger partial charge is 0.0951 e. The molecule has 2 aliphatic carbocycles. The van der Waals surface area contributed by atoms with Crippen LogP contribution in [0.1, 0.15) is 80.4 Å². The fourth-order valence-corrected chi connectivity index (χ4v) is 7.67. The second-order valence-electron chi connectivity index (χ2n) is 11.8. The van der Waals surface area contributed by atoms with Crippen LogP contribution < -0.4 is 0 Å². The Kier molecular flexibility index (Phi) is 6.53. The van der Waals surface area contributed by atoms with E-state index < -0.39 is 5.60 Å². The van der Waals surface area contributed by atoms with Crippen LogP contribution in [0.3, 0.4) is 0 Å². The normalized spacial score (nSPS) is 34.5. The third-order valence-corrected chi connectivity index (χ3v) is 9.65. The number of benzene rings is 2. The lowest BCUT2D eigenvalue weighted by Gasteiger charge is -2.54. The molecule has 0 bridgehead atoms. The zero-order valence-electron chi connectivity index (χ0n) is 20.7. The molecule has 0 amide bonds. The maximum Gasteiger partial charge on any atom is 0.0951 e. The van der Waals surface area contributed by atoms with E-state index in [0.29, 0.717) is 12.0 Å². The lowest BCUT2D eigenvalue weighted by atomic mass is 9.65. The van der Waals surface area contributed by atoms with Crippen molar-refractivity contribution in [1.82, 2.24) is 9.80 Å². The lowest BCUT2D eigenvalue weighted by Crippen LogP contribution is -2.58. The Morgan fingerprint density at radius 1 is 0.824 bits per heavy atom. The molecule has 2 aliphatic heterocycles. The number of piperidine rings is 1. The molecule has 2 aromatic carbocycles. The summed E-state index contributed by atoms with van der Waals surface area (Å²) in [5.41, 5.74) is 3.53. The number of fused-ring (bicyclic) bond motifs is 1. The van der Waals surface area contributed by atoms with Gasteiger partial charge in [-0.25, -0.2) is 0 Å². The van der Waals surface area contributed by atoms with E-state index in [1.165, 1.54) is 76.6 Å². The maximum atomic E-state index is 11.8. The quantitative estimate of drug-likeness (QED) is 0.581. The molecule has 0 radical (unpaired) electrons. The summed E-state index contributed by atoms with van der Waals surface area (Å²) < 4.78 is 0. The average molecular weight is 459 g/mol. The van der Waals surface area contributed by atoms with Crippen LogP contribution in [-0.4, -0.2) is 47.1 Å². The van der Waals surface area contributed by atoms with E-state index in [0.717, 1.165) is 36.9 Å². The van der Waals surface area contributed by atoms with Gasteiger partial charge in [-0.2, -0.15) is 0 Å². The number of hydrogen-bond acceptors (Lipinski definition) is 3. The largest absolute Gasteiger partial charge is 0.385 e. The van der Waals surface area contributed by atoms with Crippen molar-refractivity contribution in [2.24, 2.45) is 11.8 Å². The van der Waals surface area contributed by atoms with E-state index in [4.69, 9.17) is 0 Å². The van der Waals surface area contributed by atoms with E-state index >= 15 is 0 Å². The average Bonchev–Trinajstić information content (AvgIpc) is 3.37. The van der Waals surface area contributed by atoms with Gasteiger partial charge in [-0.3, -0.25) is 9.80 Å². The van der Waals surface area contributed by atoms with Gasteiger partial charge in [0.15, 0.2) is 0 Å². The second kappa shape index (κ2) is 9.76. The molecule has 3 heteroatoms. The van der Waals surface area contributed by atoms with Gasteiger partial charge in [0.25, 0.3) is 0 Å². The Morgan fingerprint density at radius 2 is 1.56 bits per heavy atom. The van der Waals surface area contributed by atoms with Gasteiger partial charge in [-0.15, -0.1) is 0 Å². The third-order valence-electron chi connectivity index (χ3n) is 9.65. The van der Waals surface area contributed by atoms with Crippen molar-refractivity contribution in [2.75, 3.05) is 26.2 Å². The molecular formula is C31H42N2O. The van der Waals surface area contributed by atoms with Gasteiger partial charge in [-0.05, 0) is 86.6 Å². The monoisotopic (exact) mass is 458 g/mol. The Labute approximate surface area is 206 Å². The van der Waals surface area contributed by atoms with Gasteiger partial charge in [0.2, 0.25) is 0 Å². The lowest BCUT2D eigenvalue weighted by molar-refractivity contribution is -0.125. The standard InChI is InChI=1S/C31H42N2O/c34-31(28-8-2-1-3-9-28)16-19-33(30-11-5-4-10-29(30)31)23-25-20-27(21-25)26-14-12-24(13-15-26)22-32-17-6-7-18-32/h1-3,8-9,12-15,25,27,29-30,34H,4-7,10-11,16-23H2/t25?,27?,29-,30?,31+/m0/s1. The molecule has 2 saturated carbocycles. The van der Waals surface area contributed by atoms with Crippen molar-refractivity contribution < 1.29 is 5.11 Å². The summed E-state index contributed by atoms with van der Waals surface area (Å²) in [5, 5.41) is 11.8. The van der Waals surface area contributed by atoms with Crippen molar-refractivity contribution in [1.29, 1.82) is 0 Å². The Balaban J connectivity index is 1.05. The van der Waals surface area contributed by atoms with E-state index in [9.17, 15) is 5.11 Å². The maximum absolute atomic E-state index is 11.8. The van der Waals surface area contributed by atoms with Crippen LogP contribution in [-0.2, 0) is 12.1 Å². The van der Waals surface area contributed by atoms with Crippen molar-refractivity contribution in [2.45, 2.75) is 81.9 Å². The highest BCUT2D eigenvalue weighted by Gasteiger charge is 2.49. The summed E-state index contributed by atoms with van der Waals surface area (Å²) in [6.45, 7) is 5.94. The molecule has 1 N–H and O–H groups in total. The number of hydrogen-bond donors (Lipinski definition) is 1. The van der Waals surface area contributed by atoms with Gasteiger partial charge in [0.1, 0.15) is 0 Å². The molecule has 2 heterocycles. The summed E-state index contributed by atoms with van der Waals surface area (Å²) in [6, 6.07) is 20.7. The Morgan fingerprint density at radius 3 is 2.32 bits per heavy atom. The summed E-state index contributed by atoms with van der Waals surface area (Å²) >= 11 is 0. The molecule has 34 heavy (non-hydrogen) atoms. The van der Waals surface area contributed by atoms with Crippen LogP contribution in [0, 0.1) is 11.8 Å². The van der Waals surface area contributed by atoms with Crippen LogP contribution in [0.15, 0.2) is 54.6 Å². The number of likely N-dealkylation sites (tertiary alicyclic amines) is 2. The van der Waals surface area contributed by atoms with E-state index in [1.807, 2.05) is 0 Å². The molecule has 3 atom stereocenters. The summed E-state index contributed by atoms with van der Waals surface area (Å²) in [7, 11) is 0. The minimum Gasteiger partial charge on any atom is -0.385 e. The molecule has 6 rings (SSSR count). The van der Waals surface area contributed by atoms with Crippen LogP contribution in [0.2, 0.25) is 0 Å². The highest BCUT2D eigenvalue weighted by Crippen LogP contribution is 2.49. The number of nitrogens with zero attached hydrogens (tertiary/aromatic N) is 2. The first-order valence-corrected chi connectivity index (χ1v) is 14.0. The fourth-order valence-electron chi connectivity index (χ4n) is 7.67. The molecule has 182 valence electrons. The van der Waals surface area contributed by atoms with Crippen LogP contribution in [0.4, 0.5) is 0 Å². The number of rotatable bonds is 6. The predicted octanol–water partition coefficient (Wildman–Crippen LogP) is 5.93. The molecule has 1 unspecified atom stereocenters.